The molecule has 0 spiro atoms. The van der Waals surface area contributed by atoms with Gasteiger partial charge in [-0.15, -0.1) is 0 Å². The summed E-state index contributed by atoms with van der Waals surface area (Å²) in [5.74, 6) is 1.24. The lowest BCUT2D eigenvalue weighted by atomic mass is 9.61. The smallest absolute Gasteiger partial charge is 0.192 e. The van der Waals surface area contributed by atoms with Crippen molar-refractivity contribution in [3.8, 4) is 0 Å². The zero-order chi connectivity index (χ0) is 29.6. The Kier molecular flexibility index (Phi) is 9.65. The first-order valence-corrected chi connectivity index (χ1v) is 21.4. The number of allylic oxidation sites excluding steroid dienone is 3. The van der Waals surface area contributed by atoms with E-state index in [-0.39, 0.29) is 33.6 Å². The van der Waals surface area contributed by atoms with Crippen LogP contribution in [-0.2, 0) is 13.6 Å². The zero-order valence-corrected chi connectivity index (χ0v) is 29.5. The van der Waals surface area contributed by atoms with Crippen LogP contribution in [0.1, 0.15) is 100 Å². The molecule has 3 rings (SSSR count). The number of hydrogen-bond acceptors (Lipinski definition) is 3. The van der Waals surface area contributed by atoms with E-state index in [1.54, 1.807) is 5.57 Å². The molecule has 5 heteroatoms. The van der Waals surface area contributed by atoms with E-state index in [1.165, 1.54) is 44.0 Å². The van der Waals surface area contributed by atoms with Gasteiger partial charge in [-0.1, -0.05) is 79.7 Å². The molecule has 3 saturated carbocycles. The Morgan fingerprint density at radius 2 is 1.56 bits per heavy atom. The molecule has 222 valence electrons. The molecular formula is C34H60O3Si2. The topological polar surface area (TPSA) is 35.5 Å². The van der Waals surface area contributed by atoms with Crippen LogP contribution >= 0.6 is 0 Å². The van der Waals surface area contributed by atoms with Crippen molar-refractivity contribution in [1.82, 2.24) is 0 Å². The lowest BCUT2D eigenvalue weighted by Gasteiger charge is -2.45. The second-order valence-corrected chi connectivity index (χ2v) is 25.9. The molecule has 3 aliphatic rings. The average Bonchev–Trinajstić information content (AvgIpc) is 3.15. The van der Waals surface area contributed by atoms with Crippen molar-refractivity contribution < 1.29 is 13.6 Å². The number of carbonyl (C=O) groups excluding carboxylic acids is 1. The Hall–Kier alpha value is -0.756. The molecule has 0 N–H and O–H groups in total. The van der Waals surface area contributed by atoms with E-state index < -0.39 is 16.6 Å². The average molecular weight is 573 g/mol. The number of fused-ring (bicyclic) bond motifs is 1. The predicted octanol–water partition coefficient (Wildman–Crippen LogP) is 10.0. The van der Waals surface area contributed by atoms with Gasteiger partial charge in [0.1, 0.15) is 6.29 Å². The molecule has 0 radical (unpaired) electrons. The summed E-state index contributed by atoms with van der Waals surface area (Å²) in [4.78, 5) is 11.7. The Bertz CT molecular complexity index is 977. The molecule has 3 nitrogen and oxygen atoms in total. The SMILES string of the molecule is C=C1/C(=C\C=C2/CCC[C@]3(C)[C@@H]([C@H](C)C=O)CC[C@@H]23)C[C@@H](O[Si](C)(C)C(C)(C)C)C[C@@H]1O[Si](C)(C)C(C)(C)C. The molecule has 3 fully saturated rings. The third kappa shape index (κ3) is 6.84. The Morgan fingerprint density at radius 3 is 2.13 bits per heavy atom. The minimum Gasteiger partial charge on any atom is -0.413 e. The van der Waals surface area contributed by atoms with Gasteiger partial charge in [-0.25, -0.2) is 0 Å². The van der Waals surface area contributed by atoms with Crippen LogP contribution in [0.15, 0.2) is 35.5 Å². The second kappa shape index (κ2) is 11.5. The first kappa shape index (κ1) is 32.8. The van der Waals surface area contributed by atoms with Crippen molar-refractivity contribution in [1.29, 1.82) is 0 Å². The lowest BCUT2D eigenvalue weighted by molar-refractivity contribution is -0.113. The number of carbonyl (C=O) groups is 1. The molecule has 6 atom stereocenters. The Balaban J connectivity index is 1.93. The van der Waals surface area contributed by atoms with Gasteiger partial charge >= 0.3 is 0 Å². The van der Waals surface area contributed by atoms with Crippen LogP contribution in [0, 0.1) is 23.2 Å². The maximum Gasteiger partial charge on any atom is 0.192 e. The molecule has 0 bridgehead atoms. The molecule has 0 unspecified atom stereocenters. The van der Waals surface area contributed by atoms with Crippen LogP contribution in [-0.4, -0.2) is 35.1 Å². The minimum absolute atomic E-state index is 0.0139. The molecule has 39 heavy (non-hydrogen) atoms. The fraction of sp³-hybridized carbons (Fsp3) is 0.794. The summed E-state index contributed by atoms with van der Waals surface area (Å²) in [5.41, 5.74) is 4.29. The summed E-state index contributed by atoms with van der Waals surface area (Å²) in [5, 5.41) is 0.323. The van der Waals surface area contributed by atoms with Gasteiger partial charge in [0.2, 0.25) is 0 Å². The highest BCUT2D eigenvalue weighted by Crippen LogP contribution is 2.59. The van der Waals surface area contributed by atoms with E-state index in [1.807, 2.05) is 0 Å². The van der Waals surface area contributed by atoms with Crippen molar-refractivity contribution in [2.75, 3.05) is 0 Å². The quantitative estimate of drug-likeness (QED) is 0.225. The van der Waals surface area contributed by atoms with E-state index in [2.05, 4.69) is 100 Å². The molecule has 0 aromatic heterocycles. The van der Waals surface area contributed by atoms with E-state index in [0.717, 1.165) is 18.4 Å². The summed E-state index contributed by atoms with van der Waals surface area (Å²) in [6.45, 7) is 32.6. The second-order valence-electron chi connectivity index (χ2n) is 16.4. The molecule has 0 aromatic rings. The van der Waals surface area contributed by atoms with Crippen molar-refractivity contribution >= 4 is 22.9 Å². The predicted molar refractivity (Wildman–Crippen MR) is 172 cm³/mol. The van der Waals surface area contributed by atoms with Crippen molar-refractivity contribution in [3.63, 3.8) is 0 Å². The largest absolute Gasteiger partial charge is 0.413 e. The van der Waals surface area contributed by atoms with Gasteiger partial charge in [0, 0.05) is 12.3 Å². The standard InChI is InChI=1S/C34H60O3Si2/c1-24(23-35)29-18-19-30-26(15-14-20-34(29,30)9)16-17-27-21-28(36-38(10,11)32(3,4)5)22-31(25(27)2)37-39(12,13)33(6,7)8/h16-17,23-24,28-31H,2,14-15,18-22H2,1,3-13H3/b26-16+,27-17-/t24-,28-,29-,30+,31+,34-/m1/s1. The summed E-state index contributed by atoms with van der Waals surface area (Å²) in [6, 6.07) is 0. The van der Waals surface area contributed by atoms with E-state index in [4.69, 9.17) is 8.85 Å². The normalized spacial score (nSPS) is 33.9. The summed E-state index contributed by atoms with van der Waals surface area (Å²) in [6.07, 6.45) is 14.0. The fourth-order valence-corrected chi connectivity index (χ4v) is 9.67. The van der Waals surface area contributed by atoms with E-state index in [9.17, 15) is 4.79 Å². The van der Waals surface area contributed by atoms with Crippen LogP contribution in [0.25, 0.3) is 0 Å². The molecule has 0 heterocycles. The first-order valence-electron chi connectivity index (χ1n) is 15.6. The van der Waals surface area contributed by atoms with Crippen LogP contribution in [0.2, 0.25) is 36.3 Å². The first-order chi connectivity index (χ1) is 17.7. The number of aldehydes is 1. The van der Waals surface area contributed by atoms with Crippen molar-refractivity contribution in [2.45, 2.75) is 149 Å². The molecule has 0 aromatic carbocycles. The molecule has 3 aliphatic carbocycles. The van der Waals surface area contributed by atoms with E-state index >= 15 is 0 Å². The van der Waals surface area contributed by atoms with Gasteiger partial charge in [0.05, 0.1) is 12.2 Å². The van der Waals surface area contributed by atoms with Crippen LogP contribution in [0.4, 0.5) is 0 Å². The van der Waals surface area contributed by atoms with Gasteiger partial charge in [-0.05, 0) is 103 Å². The summed E-state index contributed by atoms with van der Waals surface area (Å²) in [7, 11) is -3.89. The Morgan fingerprint density at radius 1 is 0.974 bits per heavy atom. The number of hydrogen-bond donors (Lipinski definition) is 0. The highest BCUT2D eigenvalue weighted by molar-refractivity contribution is 6.74. The maximum absolute atomic E-state index is 11.7. The Labute approximate surface area is 243 Å². The van der Waals surface area contributed by atoms with Gasteiger partial charge in [-0.2, -0.15) is 0 Å². The van der Waals surface area contributed by atoms with Crippen LogP contribution < -0.4 is 0 Å². The third-order valence-electron chi connectivity index (χ3n) is 11.6. The van der Waals surface area contributed by atoms with Gasteiger partial charge < -0.3 is 13.6 Å². The highest BCUT2D eigenvalue weighted by Gasteiger charge is 2.51. The molecule has 0 aliphatic heterocycles. The fourth-order valence-electron chi connectivity index (χ4n) is 7.00. The van der Waals surface area contributed by atoms with E-state index in [0.29, 0.717) is 11.8 Å². The minimum atomic E-state index is -1.97. The number of rotatable bonds is 7. The lowest BCUT2D eigenvalue weighted by Crippen LogP contribution is -2.49. The summed E-state index contributed by atoms with van der Waals surface area (Å²) >= 11 is 0. The monoisotopic (exact) mass is 572 g/mol. The maximum atomic E-state index is 11.7. The zero-order valence-electron chi connectivity index (χ0n) is 27.5. The van der Waals surface area contributed by atoms with Gasteiger partial charge in [0.25, 0.3) is 0 Å². The van der Waals surface area contributed by atoms with Crippen LogP contribution in [0.3, 0.4) is 0 Å². The van der Waals surface area contributed by atoms with Gasteiger partial charge in [-0.3, -0.25) is 0 Å². The molecule has 0 saturated heterocycles. The van der Waals surface area contributed by atoms with Gasteiger partial charge in [0.15, 0.2) is 16.6 Å². The molecular weight excluding hydrogens is 513 g/mol. The van der Waals surface area contributed by atoms with Crippen LogP contribution in [0.5, 0.6) is 0 Å². The van der Waals surface area contributed by atoms with Crippen molar-refractivity contribution in [3.05, 3.63) is 35.5 Å². The highest BCUT2D eigenvalue weighted by atomic mass is 28.4. The third-order valence-corrected chi connectivity index (χ3v) is 20.6. The van der Waals surface area contributed by atoms with Crippen molar-refractivity contribution in [2.24, 2.45) is 23.2 Å². The summed E-state index contributed by atoms with van der Waals surface area (Å²) < 4.78 is 14.0. The molecule has 0 amide bonds.